The van der Waals surface area contributed by atoms with Gasteiger partial charge in [-0.15, -0.1) is 0 Å². The van der Waals surface area contributed by atoms with Crippen LogP contribution in [-0.4, -0.2) is 33.5 Å². The number of hydrogen-bond acceptors (Lipinski definition) is 7. The van der Waals surface area contributed by atoms with Gasteiger partial charge in [0.25, 0.3) is 0 Å². The number of nitrogens with zero attached hydrogens (tertiary/aromatic N) is 2. The van der Waals surface area contributed by atoms with Crippen molar-refractivity contribution in [1.29, 1.82) is 0 Å². The number of phenolic OH excluding ortho intramolecular Hbond substituents is 2. The predicted octanol–water partition coefficient (Wildman–Crippen LogP) is 1.03. The van der Waals surface area contributed by atoms with Crippen LogP contribution >= 0.6 is 0 Å². The van der Waals surface area contributed by atoms with E-state index in [-0.39, 0.29) is 8.70 Å². The summed E-state index contributed by atoms with van der Waals surface area (Å²) in [4.78, 5) is 20.1. The molecule has 0 aliphatic carbocycles. The van der Waals surface area contributed by atoms with Crippen molar-refractivity contribution >= 4 is 33.6 Å². The third-order valence-electron chi connectivity index (χ3n) is 3.30. The molecule has 0 bridgehead atoms. The molecule has 0 saturated heterocycles. The molecule has 0 radical (unpaired) electrons. The summed E-state index contributed by atoms with van der Waals surface area (Å²) in [6.07, 6.45) is 0. The molecule has 120 valence electrons. The van der Waals surface area contributed by atoms with Gasteiger partial charge in [-0.25, -0.2) is 0 Å². The zero-order chi connectivity index (χ0) is 17.4. The molecule has 0 spiro atoms. The van der Waals surface area contributed by atoms with Crippen molar-refractivity contribution in [1.82, 2.24) is 0 Å². The Morgan fingerprint density at radius 2 is 1.22 bits per heavy atom. The third kappa shape index (κ3) is 3.04. The second-order valence-electron chi connectivity index (χ2n) is 4.78. The molecule has 0 heterocycles. The monoisotopic (exact) mass is 382 g/mol. The molecule has 10 heteroatoms. The van der Waals surface area contributed by atoms with Crippen LogP contribution in [0.2, 0.25) is 5.71 Å². The maximum atomic E-state index is 13.0. The Morgan fingerprint density at radius 3 is 1.52 bits per heavy atom. The van der Waals surface area contributed by atoms with Gasteiger partial charge in [0, 0.05) is 0 Å². The molecule has 0 fully saturated rings. The first-order valence-electron chi connectivity index (χ1n) is 6.18. The van der Waals surface area contributed by atoms with E-state index in [1.807, 2.05) is 0 Å². The average molecular weight is 382 g/mol. The number of phenols is 2. The van der Waals surface area contributed by atoms with E-state index in [0.717, 1.165) is 24.3 Å². The molecule has 0 amide bonds. The van der Waals surface area contributed by atoms with Crippen LogP contribution in [0.4, 0.5) is 11.4 Å². The first kappa shape index (κ1) is 16.6. The molecule has 9 nitrogen and oxygen atoms in total. The summed E-state index contributed by atoms with van der Waals surface area (Å²) in [5.74, 6) is -1.13. The topological polar surface area (TPSA) is 144 Å². The van der Waals surface area contributed by atoms with Crippen molar-refractivity contribution in [3.63, 3.8) is 0 Å². The maximum absolute atomic E-state index is 13.0. The van der Waals surface area contributed by atoms with Gasteiger partial charge >= 0.3 is 131 Å². The normalized spacial score (nSPS) is 11.2. The minimum atomic E-state index is -4.14. The van der Waals surface area contributed by atoms with Crippen molar-refractivity contribution in [3.8, 4) is 11.5 Å². The van der Waals surface area contributed by atoms with E-state index in [1.165, 1.54) is 17.8 Å². The standard InChI is InChI=1S/C13H11AsN2O7/c1-14(19,8-2-4-12(17)10(6-8)15(20)21)9-3-5-13(18)11(7-9)16(22)23/h2-7,17-18H,1H3. The average Bonchev–Trinajstić information content (AvgIpc) is 2.47. The van der Waals surface area contributed by atoms with Crippen molar-refractivity contribution in [2.45, 2.75) is 5.71 Å². The minimum absolute atomic E-state index is 0.118. The van der Waals surface area contributed by atoms with E-state index >= 15 is 0 Å². The van der Waals surface area contributed by atoms with Gasteiger partial charge in [0.1, 0.15) is 0 Å². The Kier molecular flexibility index (Phi) is 4.16. The molecule has 2 aromatic carbocycles. The van der Waals surface area contributed by atoms with E-state index in [2.05, 4.69) is 0 Å². The van der Waals surface area contributed by atoms with E-state index in [9.17, 15) is 34.2 Å². The number of aromatic hydroxyl groups is 2. The summed E-state index contributed by atoms with van der Waals surface area (Å²) in [5, 5.41) is 40.6. The quantitative estimate of drug-likeness (QED) is 0.457. The SMILES string of the molecule is C[As](=O)(c1ccc(O)c([N+](=O)[O-])c1)c1ccc(O)c([N+](=O)[O-])c1. The van der Waals surface area contributed by atoms with Crippen LogP contribution in [0.25, 0.3) is 0 Å². The van der Waals surface area contributed by atoms with Crippen molar-refractivity contribution in [2.24, 2.45) is 0 Å². The van der Waals surface area contributed by atoms with E-state index in [4.69, 9.17) is 0 Å². The van der Waals surface area contributed by atoms with Crippen LogP contribution in [0.5, 0.6) is 11.5 Å². The molecular weight excluding hydrogens is 371 g/mol. The molecule has 0 saturated carbocycles. The Balaban J connectivity index is 2.61. The van der Waals surface area contributed by atoms with Crippen LogP contribution in [0.3, 0.4) is 0 Å². The molecule has 23 heavy (non-hydrogen) atoms. The van der Waals surface area contributed by atoms with Crippen LogP contribution < -0.4 is 8.70 Å². The van der Waals surface area contributed by atoms with Crippen molar-refractivity contribution < 1.29 is 23.8 Å². The Morgan fingerprint density at radius 1 is 0.870 bits per heavy atom. The third-order valence-corrected chi connectivity index (χ3v) is 8.60. The first-order valence-corrected chi connectivity index (χ1v) is 10.7. The Labute approximate surface area is 131 Å². The van der Waals surface area contributed by atoms with Gasteiger partial charge in [0.05, 0.1) is 0 Å². The summed E-state index contributed by atoms with van der Waals surface area (Å²) in [6.45, 7) is 0. The number of nitro groups is 2. The number of hydrogen-bond donors (Lipinski definition) is 2. The van der Waals surface area contributed by atoms with Gasteiger partial charge in [0.2, 0.25) is 0 Å². The molecule has 0 unspecified atom stereocenters. The summed E-state index contributed by atoms with van der Waals surface area (Å²) < 4.78 is 13.3. The fourth-order valence-corrected chi connectivity index (χ4v) is 5.67. The van der Waals surface area contributed by atoms with Crippen molar-refractivity contribution in [3.05, 3.63) is 56.6 Å². The fourth-order valence-electron chi connectivity index (χ4n) is 2.00. The second-order valence-corrected chi connectivity index (χ2v) is 10.8. The number of benzene rings is 2. The van der Waals surface area contributed by atoms with Crippen LogP contribution in [-0.2, 0) is 3.74 Å². The van der Waals surface area contributed by atoms with Gasteiger partial charge < -0.3 is 0 Å². The molecule has 0 aliphatic heterocycles. The second kappa shape index (κ2) is 5.77. The van der Waals surface area contributed by atoms with Gasteiger partial charge in [-0.2, -0.15) is 0 Å². The summed E-state index contributed by atoms with van der Waals surface area (Å²) >= 11 is -4.14. The first-order chi connectivity index (χ1) is 10.6. The van der Waals surface area contributed by atoms with Gasteiger partial charge in [0.15, 0.2) is 0 Å². The molecule has 2 rings (SSSR count). The van der Waals surface area contributed by atoms with Gasteiger partial charge in [-0.3, -0.25) is 0 Å². The Bertz CT molecular complexity index is 798. The predicted molar refractivity (Wildman–Crippen MR) is 81.1 cm³/mol. The molecule has 2 N–H and O–H groups in total. The van der Waals surface area contributed by atoms with E-state index < -0.39 is 46.2 Å². The summed E-state index contributed by atoms with van der Waals surface area (Å²) in [5.41, 5.74) is 0.156. The van der Waals surface area contributed by atoms with Gasteiger partial charge in [-0.1, -0.05) is 0 Å². The zero-order valence-electron chi connectivity index (χ0n) is 11.7. The molecule has 0 atom stereocenters. The molecule has 0 aliphatic rings. The van der Waals surface area contributed by atoms with Gasteiger partial charge in [-0.05, 0) is 0 Å². The zero-order valence-corrected chi connectivity index (χ0v) is 13.6. The number of rotatable bonds is 4. The fraction of sp³-hybridized carbons (Fsp3) is 0.0769. The van der Waals surface area contributed by atoms with E-state index in [0.29, 0.717) is 0 Å². The van der Waals surface area contributed by atoms with Crippen molar-refractivity contribution in [2.75, 3.05) is 0 Å². The van der Waals surface area contributed by atoms with Crippen LogP contribution in [0.1, 0.15) is 0 Å². The molecule has 0 aromatic heterocycles. The number of nitro benzene ring substituents is 2. The Hall–Kier alpha value is -2.80. The summed E-state index contributed by atoms with van der Waals surface area (Å²) in [6, 6.07) is 6.66. The van der Waals surface area contributed by atoms with Crippen LogP contribution in [0, 0.1) is 20.2 Å². The van der Waals surface area contributed by atoms with Crippen LogP contribution in [0.15, 0.2) is 36.4 Å². The van der Waals surface area contributed by atoms with E-state index in [1.54, 1.807) is 0 Å². The molecule has 2 aromatic rings. The molecular formula is C13H11AsN2O7. The summed E-state index contributed by atoms with van der Waals surface area (Å²) in [7, 11) is 0.